The van der Waals surface area contributed by atoms with Crippen molar-refractivity contribution in [1.82, 2.24) is 0 Å². The Hall–Kier alpha value is -1.02. The van der Waals surface area contributed by atoms with Crippen LogP contribution >= 0.6 is 0 Å². The molecule has 1 aromatic carbocycles. The Labute approximate surface area is 104 Å². The van der Waals surface area contributed by atoms with Gasteiger partial charge in [-0.1, -0.05) is 26.0 Å². The fourth-order valence-electron chi connectivity index (χ4n) is 2.72. The SMILES string of the molecule is Cc1cccc(NC2(CO)CC(C(C)C)C2)c1. The summed E-state index contributed by atoms with van der Waals surface area (Å²) in [5.41, 5.74) is 2.30. The van der Waals surface area contributed by atoms with E-state index in [9.17, 15) is 5.11 Å². The van der Waals surface area contributed by atoms with E-state index in [-0.39, 0.29) is 12.1 Å². The van der Waals surface area contributed by atoms with Crippen LogP contribution in [0.1, 0.15) is 32.3 Å². The lowest BCUT2D eigenvalue weighted by molar-refractivity contribution is 0.0648. The van der Waals surface area contributed by atoms with Crippen molar-refractivity contribution in [1.29, 1.82) is 0 Å². The Morgan fingerprint density at radius 3 is 2.65 bits per heavy atom. The largest absolute Gasteiger partial charge is 0.394 e. The monoisotopic (exact) mass is 233 g/mol. The van der Waals surface area contributed by atoms with E-state index >= 15 is 0 Å². The van der Waals surface area contributed by atoms with Crippen molar-refractivity contribution in [2.75, 3.05) is 11.9 Å². The van der Waals surface area contributed by atoms with E-state index in [1.807, 2.05) is 0 Å². The molecule has 0 saturated heterocycles. The van der Waals surface area contributed by atoms with Gasteiger partial charge in [-0.15, -0.1) is 0 Å². The van der Waals surface area contributed by atoms with Crippen molar-refractivity contribution in [2.45, 2.75) is 39.2 Å². The summed E-state index contributed by atoms with van der Waals surface area (Å²) in [7, 11) is 0. The third-order valence-corrected chi connectivity index (χ3v) is 3.98. The molecule has 0 atom stereocenters. The minimum absolute atomic E-state index is 0.0806. The number of aliphatic hydroxyl groups is 1. The third-order valence-electron chi connectivity index (χ3n) is 3.98. The molecule has 2 nitrogen and oxygen atoms in total. The van der Waals surface area contributed by atoms with Gasteiger partial charge in [-0.2, -0.15) is 0 Å². The van der Waals surface area contributed by atoms with Gasteiger partial charge in [0.1, 0.15) is 0 Å². The zero-order valence-electron chi connectivity index (χ0n) is 11.0. The molecule has 17 heavy (non-hydrogen) atoms. The van der Waals surface area contributed by atoms with Gasteiger partial charge in [-0.25, -0.2) is 0 Å². The number of benzene rings is 1. The summed E-state index contributed by atoms with van der Waals surface area (Å²) < 4.78 is 0. The van der Waals surface area contributed by atoms with E-state index in [2.05, 4.69) is 50.4 Å². The second-order valence-corrected chi connectivity index (χ2v) is 5.85. The van der Waals surface area contributed by atoms with Gasteiger partial charge >= 0.3 is 0 Å². The van der Waals surface area contributed by atoms with Gasteiger partial charge in [0, 0.05) is 5.69 Å². The average Bonchev–Trinajstić information content (AvgIpc) is 2.22. The zero-order valence-corrected chi connectivity index (χ0v) is 11.0. The molecule has 2 N–H and O–H groups in total. The molecule has 0 unspecified atom stereocenters. The molecular weight excluding hydrogens is 210 g/mol. The lowest BCUT2D eigenvalue weighted by Crippen LogP contribution is -2.54. The van der Waals surface area contributed by atoms with Gasteiger partial charge in [0.05, 0.1) is 12.1 Å². The van der Waals surface area contributed by atoms with Gasteiger partial charge < -0.3 is 10.4 Å². The first-order valence-corrected chi connectivity index (χ1v) is 6.50. The fourth-order valence-corrected chi connectivity index (χ4v) is 2.72. The van der Waals surface area contributed by atoms with Crippen molar-refractivity contribution >= 4 is 5.69 Å². The smallest absolute Gasteiger partial charge is 0.0661 e. The van der Waals surface area contributed by atoms with E-state index < -0.39 is 0 Å². The van der Waals surface area contributed by atoms with E-state index in [0.29, 0.717) is 5.92 Å². The number of nitrogens with one attached hydrogen (secondary N) is 1. The first-order valence-electron chi connectivity index (χ1n) is 6.50. The minimum atomic E-state index is -0.0806. The molecule has 0 radical (unpaired) electrons. The van der Waals surface area contributed by atoms with Crippen molar-refractivity contribution in [3.05, 3.63) is 29.8 Å². The summed E-state index contributed by atoms with van der Waals surface area (Å²) in [5.74, 6) is 1.47. The molecule has 0 heterocycles. The van der Waals surface area contributed by atoms with Crippen molar-refractivity contribution in [3.8, 4) is 0 Å². The second-order valence-electron chi connectivity index (χ2n) is 5.85. The summed E-state index contributed by atoms with van der Waals surface area (Å²) in [4.78, 5) is 0. The topological polar surface area (TPSA) is 32.3 Å². The Balaban J connectivity index is 2.02. The predicted molar refractivity (Wildman–Crippen MR) is 72.2 cm³/mol. The van der Waals surface area contributed by atoms with Crippen LogP contribution in [0.3, 0.4) is 0 Å². The molecule has 2 rings (SSSR count). The summed E-state index contributed by atoms with van der Waals surface area (Å²) in [6.07, 6.45) is 2.16. The lowest BCUT2D eigenvalue weighted by atomic mass is 9.64. The molecule has 0 aliphatic heterocycles. The number of anilines is 1. The van der Waals surface area contributed by atoms with E-state index in [0.717, 1.165) is 24.4 Å². The molecule has 94 valence electrons. The van der Waals surface area contributed by atoms with Crippen LogP contribution in [0.5, 0.6) is 0 Å². The van der Waals surface area contributed by atoms with Gasteiger partial charge in [0.2, 0.25) is 0 Å². The molecule has 1 aromatic rings. The third kappa shape index (κ3) is 2.63. The first kappa shape index (κ1) is 12.4. The second kappa shape index (κ2) is 4.69. The molecule has 0 spiro atoms. The summed E-state index contributed by atoms with van der Waals surface area (Å²) in [6.45, 7) is 6.84. The fraction of sp³-hybridized carbons (Fsp3) is 0.600. The molecule has 1 fully saturated rings. The molecule has 1 saturated carbocycles. The van der Waals surface area contributed by atoms with Crippen molar-refractivity contribution < 1.29 is 5.11 Å². The van der Waals surface area contributed by atoms with Crippen LogP contribution in [0.25, 0.3) is 0 Å². The van der Waals surface area contributed by atoms with Crippen molar-refractivity contribution in [2.24, 2.45) is 11.8 Å². The number of rotatable bonds is 4. The quantitative estimate of drug-likeness (QED) is 0.837. The van der Waals surface area contributed by atoms with Gasteiger partial charge in [0.15, 0.2) is 0 Å². The van der Waals surface area contributed by atoms with Gasteiger partial charge in [0.25, 0.3) is 0 Å². The molecular formula is C15H23NO. The molecule has 1 aliphatic carbocycles. The van der Waals surface area contributed by atoms with E-state index in [1.165, 1.54) is 5.56 Å². The predicted octanol–water partition coefficient (Wildman–Crippen LogP) is 3.20. The molecule has 0 amide bonds. The Morgan fingerprint density at radius 2 is 2.12 bits per heavy atom. The molecule has 1 aliphatic rings. The van der Waals surface area contributed by atoms with Crippen LogP contribution in [-0.2, 0) is 0 Å². The highest BCUT2D eigenvalue weighted by molar-refractivity contribution is 5.48. The Bertz CT molecular complexity index is 380. The van der Waals surface area contributed by atoms with Crippen LogP contribution in [0, 0.1) is 18.8 Å². The standard InChI is InChI=1S/C15H23NO/c1-11(2)13-8-15(9-13,10-17)16-14-6-4-5-12(3)7-14/h4-7,11,13,16-17H,8-10H2,1-3H3. The number of aliphatic hydroxyl groups excluding tert-OH is 1. The Kier molecular flexibility index (Phi) is 3.43. The molecule has 0 aromatic heterocycles. The molecule has 0 bridgehead atoms. The summed E-state index contributed by atoms with van der Waals surface area (Å²) in [6, 6.07) is 8.36. The van der Waals surface area contributed by atoms with Crippen LogP contribution in [0.4, 0.5) is 5.69 Å². The van der Waals surface area contributed by atoms with Gasteiger partial charge in [-0.3, -0.25) is 0 Å². The maximum Gasteiger partial charge on any atom is 0.0661 e. The van der Waals surface area contributed by atoms with Crippen LogP contribution < -0.4 is 5.32 Å². The van der Waals surface area contributed by atoms with Crippen LogP contribution in [-0.4, -0.2) is 17.3 Å². The average molecular weight is 233 g/mol. The minimum Gasteiger partial charge on any atom is -0.394 e. The van der Waals surface area contributed by atoms with Crippen LogP contribution in [0.2, 0.25) is 0 Å². The highest BCUT2D eigenvalue weighted by atomic mass is 16.3. The first-order chi connectivity index (χ1) is 8.04. The zero-order chi connectivity index (χ0) is 12.5. The highest BCUT2D eigenvalue weighted by Crippen LogP contribution is 2.43. The van der Waals surface area contributed by atoms with E-state index in [4.69, 9.17) is 0 Å². The van der Waals surface area contributed by atoms with Crippen LogP contribution in [0.15, 0.2) is 24.3 Å². The molecule has 2 heteroatoms. The van der Waals surface area contributed by atoms with E-state index in [1.54, 1.807) is 0 Å². The maximum atomic E-state index is 9.60. The summed E-state index contributed by atoms with van der Waals surface area (Å²) >= 11 is 0. The van der Waals surface area contributed by atoms with Gasteiger partial charge in [-0.05, 0) is 49.3 Å². The lowest BCUT2D eigenvalue weighted by Gasteiger charge is -2.49. The normalized spacial score (nSPS) is 27.9. The number of aryl methyl sites for hydroxylation is 1. The maximum absolute atomic E-state index is 9.60. The highest BCUT2D eigenvalue weighted by Gasteiger charge is 2.44. The number of hydrogen-bond acceptors (Lipinski definition) is 2. The summed E-state index contributed by atoms with van der Waals surface area (Å²) in [5, 5.41) is 13.1. The Morgan fingerprint density at radius 1 is 1.41 bits per heavy atom. The number of hydrogen-bond donors (Lipinski definition) is 2. The van der Waals surface area contributed by atoms with Crippen molar-refractivity contribution in [3.63, 3.8) is 0 Å².